The molecule has 2 aromatic rings. The predicted octanol–water partition coefficient (Wildman–Crippen LogP) is 3.61. The molecule has 2 rings (SSSR count). The van der Waals surface area contributed by atoms with Gasteiger partial charge in [0.15, 0.2) is 5.72 Å². The smallest absolute Gasteiger partial charge is 0.170 e. The van der Waals surface area contributed by atoms with Crippen LogP contribution in [0.3, 0.4) is 0 Å². The predicted molar refractivity (Wildman–Crippen MR) is 105 cm³/mol. The lowest BCUT2D eigenvalue weighted by Gasteiger charge is -2.07. The standard InChI is InChI=1S/C10H14N2O.C7H10N2.C3H6O/c1-10(2,13)12-11-8-9-6-4-3-5-7-9;8-9-6-7-4-2-1-3-5-7;1-3(2)4/h3-7,13H,8H2,1-2H3;1-5,9H,6,8H2;1-2H3/b12-11+;;. The van der Waals surface area contributed by atoms with Crippen molar-refractivity contribution in [2.75, 3.05) is 0 Å². The lowest BCUT2D eigenvalue weighted by Crippen LogP contribution is -2.20. The monoisotopic (exact) mass is 358 g/mol. The van der Waals surface area contributed by atoms with E-state index in [1.807, 2.05) is 60.7 Å². The van der Waals surface area contributed by atoms with Crippen LogP contribution in [0.2, 0.25) is 0 Å². The van der Waals surface area contributed by atoms with Crippen LogP contribution < -0.4 is 11.3 Å². The number of hydrazine groups is 1. The van der Waals surface area contributed by atoms with E-state index in [1.165, 1.54) is 19.4 Å². The zero-order valence-corrected chi connectivity index (χ0v) is 16.0. The molecule has 0 aliphatic heterocycles. The third-order valence-electron chi connectivity index (χ3n) is 2.56. The van der Waals surface area contributed by atoms with Gasteiger partial charge in [0, 0.05) is 6.54 Å². The molecule has 6 nitrogen and oxygen atoms in total. The Balaban J connectivity index is 0.000000416. The number of hydrogen-bond donors (Lipinski definition) is 3. The maximum Gasteiger partial charge on any atom is 0.170 e. The molecule has 0 aromatic heterocycles. The molecule has 0 saturated carbocycles. The van der Waals surface area contributed by atoms with Crippen LogP contribution in [0.25, 0.3) is 0 Å². The van der Waals surface area contributed by atoms with E-state index in [-0.39, 0.29) is 5.78 Å². The van der Waals surface area contributed by atoms with E-state index in [4.69, 9.17) is 5.84 Å². The summed E-state index contributed by atoms with van der Waals surface area (Å²) in [6.45, 7) is 7.51. The van der Waals surface area contributed by atoms with Gasteiger partial charge in [-0.05, 0) is 38.8 Å². The number of carbonyl (C=O) groups is 1. The second-order valence-corrected chi connectivity index (χ2v) is 6.15. The van der Waals surface area contributed by atoms with Gasteiger partial charge < -0.3 is 9.90 Å². The SMILES string of the molecule is CC(C)(O)/N=N/Cc1ccccc1.CC(C)=O.NNCc1ccccc1. The summed E-state index contributed by atoms with van der Waals surface area (Å²) in [6.07, 6.45) is 0. The van der Waals surface area contributed by atoms with Gasteiger partial charge in [0.25, 0.3) is 0 Å². The van der Waals surface area contributed by atoms with Crippen molar-refractivity contribution >= 4 is 5.78 Å². The van der Waals surface area contributed by atoms with Gasteiger partial charge in [-0.1, -0.05) is 60.7 Å². The fourth-order valence-electron chi connectivity index (χ4n) is 1.59. The topological polar surface area (TPSA) is 100 Å². The number of benzene rings is 2. The van der Waals surface area contributed by atoms with Crippen LogP contribution in [0.15, 0.2) is 70.9 Å². The molecule has 6 heteroatoms. The molecule has 0 spiro atoms. The fraction of sp³-hybridized carbons (Fsp3) is 0.350. The molecular formula is C20H30N4O2. The minimum atomic E-state index is -1.06. The molecule has 0 bridgehead atoms. The summed E-state index contributed by atoms with van der Waals surface area (Å²) in [5, 5.41) is 16.9. The second-order valence-electron chi connectivity index (χ2n) is 6.15. The highest BCUT2D eigenvalue weighted by atomic mass is 16.3. The number of nitrogens with one attached hydrogen (secondary N) is 1. The minimum Gasteiger partial charge on any atom is -0.368 e. The number of hydrogen-bond acceptors (Lipinski definition) is 6. The van der Waals surface area contributed by atoms with Gasteiger partial charge in [0.05, 0.1) is 6.54 Å². The van der Waals surface area contributed by atoms with Gasteiger partial charge in [0.2, 0.25) is 0 Å². The van der Waals surface area contributed by atoms with Crippen LogP contribution in [0.4, 0.5) is 0 Å². The van der Waals surface area contributed by atoms with Crippen LogP contribution in [0, 0.1) is 0 Å². The van der Waals surface area contributed by atoms with Gasteiger partial charge in [0.1, 0.15) is 5.78 Å². The maximum atomic E-state index is 9.44. The van der Waals surface area contributed by atoms with E-state index in [9.17, 15) is 9.90 Å². The summed E-state index contributed by atoms with van der Waals surface area (Å²) >= 11 is 0. The number of nitrogens with two attached hydrogens (primary N) is 1. The first kappa shape index (κ1) is 23.6. The van der Waals surface area contributed by atoms with Gasteiger partial charge in [-0.3, -0.25) is 11.3 Å². The van der Waals surface area contributed by atoms with Crippen LogP contribution in [0.1, 0.15) is 38.8 Å². The minimum absolute atomic E-state index is 0.167. The number of azo groups is 1. The fourth-order valence-corrected chi connectivity index (χ4v) is 1.59. The van der Waals surface area contributed by atoms with E-state index < -0.39 is 5.72 Å². The first-order valence-electron chi connectivity index (χ1n) is 8.34. The van der Waals surface area contributed by atoms with Crippen LogP contribution in [0.5, 0.6) is 0 Å². The Bertz CT molecular complexity index is 619. The summed E-state index contributed by atoms with van der Waals surface area (Å²) < 4.78 is 0. The highest BCUT2D eigenvalue weighted by Crippen LogP contribution is 2.06. The Labute approximate surface area is 156 Å². The van der Waals surface area contributed by atoms with Crippen molar-refractivity contribution in [1.29, 1.82) is 0 Å². The Morgan fingerprint density at radius 2 is 1.42 bits per heavy atom. The van der Waals surface area contributed by atoms with Gasteiger partial charge in [-0.15, -0.1) is 0 Å². The zero-order chi connectivity index (χ0) is 19.8. The van der Waals surface area contributed by atoms with Crippen molar-refractivity contribution < 1.29 is 9.90 Å². The van der Waals surface area contributed by atoms with E-state index in [1.54, 1.807) is 13.8 Å². The second kappa shape index (κ2) is 13.8. The van der Waals surface area contributed by atoms with E-state index >= 15 is 0 Å². The maximum absolute atomic E-state index is 9.44. The normalized spacial score (nSPS) is 10.4. The third kappa shape index (κ3) is 16.4. The summed E-state index contributed by atoms with van der Waals surface area (Å²) in [4.78, 5) is 9.44. The molecule has 26 heavy (non-hydrogen) atoms. The summed E-state index contributed by atoms with van der Waals surface area (Å²) in [7, 11) is 0. The van der Waals surface area contributed by atoms with Gasteiger partial charge in [-0.2, -0.15) is 10.2 Å². The molecule has 0 unspecified atom stereocenters. The van der Waals surface area contributed by atoms with E-state index in [0.717, 1.165) is 12.1 Å². The molecule has 0 amide bonds. The summed E-state index contributed by atoms with van der Waals surface area (Å²) in [5.74, 6) is 5.28. The number of ketones is 1. The molecule has 142 valence electrons. The molecule has 0 fully saturated rings. The van der Waals surface area contributed by atoms with Crippen LogP contribution in [-0.4, -0.2) is 16.6 Å². The number of nitrogens with zero attached hydrogens (tertiary/aromatic N) is 2. The summed E-state index contributed by atoms with van der Waals surface area (Å²) in [6, 6.07) is 19.8. The average Bonchev–Trinajstić information content (AvgIpc) is 2.56. The lowest BCUT2D eigenvalue weighted by molar-refractivity contribution is -0.114. The van der Waals surface area contributed by atoms with Crippen molar-refractivity contribution in [3.63, 3.8) is 0 Å². The lowest BCUT2D eigenvalue weighted by atomic mass is 10.2. The number of carbonyl (C=O) groups excluding carboxylic acids is 1. The number of aliphatic hydroxyl groups is 1. The van der Waals surface area contributed by atoms with Crippen molar-refractivity contribution in [2.45, 2.75) is 46.5 Å². The molecular weight excluding hydrogens is 328 g/mol. The molecule has 2 aromatic carbocycles. The molecule has 0 saturated heterocycles. The van der Waals surface area contributed by atoms with Crippen LogP contribution in [-0.2, 0) is 17.9 Å². The van der Waals surface area contributed by atoms with E-state index in [2.05, 4.69) is 15.7 Å². The number of Topliss-reactive ketones (excluding diaryl/α,β-unsaturated/α-hetero) is 1. The van der Waals surface area contributed by atoms with Gasteiger partial charge in [-0.25, -0.2) is 0 Å². The highest BCUT2D eigenvalue weighted by Gasteiger charge is 2.08. The number of rotatable bonds is 5. The highest BCUT2D eigenvalue weighted by molar-refractivity contribution is 5.72. The molecule has 0 aliphatic rings. The summed E-state index contributed by atoms with van der Waals surface area (Å²) in [5.41, 5.74) is 3.82. The first-order chi connectivity index (χ1) is 12.2. The Morgan fingerprint density at radius 1 is 1.00 bits per heavy atom. The van der Waals surface area contributed by atoms with Crippen LogP contribution >= 0.6 is 0 Å². The Morgan fingerprint density at radius 3 is 1.81 bits per heavy atom. The molecule has 0 aliphatic carbocycles. The van der Waals surface area contributed by atoms with Crippen molar-refractivity contribution in [1.82, 2.24) is 5.43 Å². The Hall–Kier alpha value is -2.41. The Kier molecular flexibility index (Phi) is 12.6. The molecule has 0 heterocycles. The zero-order valence-electron chi connectivity index (χ0n) is 16.0. The van der Waals surface area contributed by atoms with Crippen molar-refractivity contribution in [3.8, 4) is 0 Å². The van der Waals surface area contributed by atoms with E-state index in [0.29, 0.717) is 6.54 Å². The van der Waals surface area contributed by atoms with Gasteiger partial charge >= 0.3 is 0 Å². The first-order valence-corrected chi connectivity index (χ1v) is 8.34. The molecule has 0 atom stereocenters. The molecule has 4 N–H and O–H groups in total. The average molecular weight is 358 g/mol. The van der Waals surface area contributed by atoms with Crippen molar-refractivity contribution in [2.24, 2.45) is 16.1 Å². The molecule has 0 radical (unpaired) electrons. The van der Waals surface area contributed by atoms with Crippen molar-refractivity contribution in [3.05, 3.63) is 71.8 Å². The third-order valence-corrected chi connectivity index (χ3v) is 2.56. The largest absolute Gasteiger partial charge is 0.368 e. The quantitative estimate of drug-likeness (QED) is 0.432.